The molecule has 0 saturated heterocycles. The number of rotatable bonds is 1. The number of aliphatic hydroxyl groups excluding tert-OH is 1. The first-order valence-electron chi connectivity index (χ1n) is 2.96. The Morgan fingerprint density at radius 3 is 2.38 bits per heavy atom. The van der Waals surface area contributed by atoms with Gasteiger partial charge in [-0.05, 0) is 12.3 Å². The highest BCUT2D eigenvalue weighted by Crippen LogP contribution is 2.29. The molecule has 0 amide bonds. The summed E-state index contributed by atoms with van der Waals surface area (Å²) in [7, 11) is 1.64. The smallest absolute Gasteiger partial charge is 0.0856 e. The zero-order valence-corrected chi connectivity index (χ0v) is 5.29. The lowest BCUT2D eigenvalue weighted by Gasteiger charge is -2.37. The van der Waals surface area contributed by atoms with Crippen molar-refractivity contribution in [2.45, 2.75) is 25.6 Å². The molecule has 1 N–H and O–H groups in total. The van der Waals surface area contributed by atoms with Gasteiger partial charge >= 0.3 is 0 Å². The normalized spacial score (nSPS) is 46.1. The fourth-order valence-corrected chi connectivity index (χ4v) is 1.22. The van der Waals surface area contributed by atoms with Crippen LogP contribution in [0, 0.1) is 5.92 Å². The maximum atomic E-state index is 8.95. The van der Waals surface area contributed by atoms with Gasteiger partial charge in [0, 0.05) is 7.11 Å². The van der Waals surface area contributed by atoms with Gasteiger partial charge in [-0.3, -0.25) is 0 Å². The minimum absolute atomic E-state index is 0.106. The van der Waals surface area contributed by atoms with Crippen LogP contribution in [0.4, 0.5) is 0 Å². The second-order valence-electron chi connectivity index (χ2n) is 2.48. The lowest BCUT2D eigenvalue weighted by Crippen LogP contribution is -2.46. The Balaban J connectivity index is 2.29. The average Bonchev–Trinajstić information content (AvgIpc) is 1.67. The Kier molecular flexibility index (Phi) is 1.54. The van der Waals surface area contributed by atoms with E-state index in [1.807, 2.05) is 0 Å². The Hall–Kier alpha value is -0.0800. The first-order chi connectivity index (χ1) is 3.75. The molecule has 1 aliphatic rings. The van der Waals surface area contributed by atoms with Crippen molar-refractivity contribution in [2.75, 3.05) is 7.11 Å². The van der Waals surface area contributed by atoms with Crippen LogP contribution in [0.5, 0.6) is 0 Å². The molecule has 2 nitrogen and oxygen atoms in total. The molecule has 0 unspecified atom stereocenters. The van der Waals surface area contributed by atoms with Crippen molar-refractivity contribution >= 4 is 0 Å². The van der Waals surface area contributed by atoms with E-state index in [1.165, 1.54) is 0 Å². The molecule has 2 heteroatoms. The van der Waals surface area contributed by atoms with Crippen LogP contribution >= 0.6 is 0 Å². The number of ether oxygens (including phenoxy) is 1. The maximum absolute atomic E-state index is 8.95. The van der Waals surface area contributed by atoms with Crippen molar-refractivity contribution in [1.29, 1.82) is 0 Å². The SMILES string of the molecule is CO[C@@H]1[C@H](C)C[C@H]1O. The van der Waals surface area contributed by atoms with Gasteiger partial charge in [0.25, 0.3) is 0 Å². The second-order valence-corrected chi connectivity index (χ2v) is 2.48. The summed E-state index contributed by atoms with van der Waals surface area (Å²) in [5, 5.41) is 8.95. The van der Waals surface area contributed by atoms with Gasteiger partial charge < -0.3 is 9.84 Å². The van der Waals surface area contributed by atoms with Crippen LogP contribution in [0.1, 0.15) is 13.3 Å². The predicted octanol–water partition coefficient (Wildman–Crippen LogP) is 0.402. The van der Waals surface area contributed by atoms with Gasteiger partial charge in [-0.1, -0.05) is 6.92 Å². The van der Waals surface area contributed by atoms with Crippen molar-refractivity contribution in [3.8, 4) is 0 Å². The van der Waals surface area contributed by atoms with Crippen LogP contribution in [0.15, 0.2) is 0 Å². The summed E-state index contributed by atoms with van der Waals surface area (Å²) in [6, 6.07) is 0. The molecule has 1 rings (SSSR count). The van der Waals surface area contributed by atoms with Crippen molar-refractivity contribution in [3.63, 3.8) is 0 Å². The molecule has 1 aliphatic carbocycles. The summed E-state index contributed by atoms with van der Waals surface area (Å²) in [5.41, 5.74) is 0. The van der Waals surface area contributed by atoms with Crippen molar-refractivity contribution in [3.05, 3.63) is 0 Å². The van der Waals surface area contributed by atoms with Crippen molar-refractivity contribution in [2.24, 2.45) is 5.92 Å². The standard InChI is InChI=1S/C6H12O2/c1-4-3-5(7)6(4)8-2/h4-7H,3H2,1-2H3/t4-,5-,6-/m1/s1. The molecule has 0 radical (unpaired) electrons. The highest BCUT2D eigenvalue weighted by molar-refractivity contribution is 4.86. The molecule has 1 saturated carbocycles. The minimum Gasteiger partial charge on any atom is -0.390 e. The third-order valence-corrected chi connectivity index (χ3v) is 1.83. The first kappa shape index (κ1) is 6.05. The topological polar surface area (TPSA) is 29.5 Å². The van der Waals surface area contributed by atoms with E-state index in [-0.39, 0.29) is 12.2 Å². The molecule has 0 spiro atoms. The van der Waals surface area contributed by atoms with Gasteiger partial charge in [0.05, 0.1) is 12.2 Å². The Morgan fingerprint density at radius 2 is 2.25 bits per heavy atom. The van der Waals surface area contributed by atoms with Gasteiger partial charge in [-0.25, -0.2) is 0 Å². The molecule has 0 aliphatic heterocycles. The van der Waals surface area contributed by atoms with Crippen LogP contribution in [0.3, 0.4) is 0 Å². The van der Waals surface area contributed by atoms with Gasteiger partial charge in [0.2, 0.25) is 0 Å². The summed E-state index contributed by atoms with van der Waals surface area (Å²) in [6.07, 6.45) is 0.809. The zero-order valence-electron chi connectivity index (χ0n) is 5.29. The largest absolute Gasteiger partial charge is 0.390 e. The molecule has 0 aromatic rings. The van der Waals surface area contributed by atoms with Gasteiger partial charge in [-0.2, -0.15) is 0 Å². The molecular weight excluding hydrogens is 104 g/mol. The molecule has 0 aromatic carbocycles. The lowest BCUT2D eigenvalue weighted by molar-refractivity contribution is -0.115. The zero-order chi connectivity index (χ0) is 6.15. The third kappa shape index (κ3) is 0.740. The second kappa shape index (κ2) is 2.03. The van der Waals surface area contributed by atoms with Crippen LogP contribution in [-0.4, -0.2) is 24.4 Å². The highest BCUT2D eigenvalue weighted by Gasteiger charge is 2.36. The Morgan fingerprint density at radius 1 is 1.62 bits per heavy atom. The van der Waals surface area contributed by atoms with E-state index in [0.717, 1.165) is 6.42 Å². The number of aliphatic hydroxyl groups is 1. The predicted molar refractivity (Wildman–Crippen MR) is 30.6 cm³/mol. The summed E-state index contributed by atoms with van der Waals surface area (Å²) in [6.45, 7) is 2.08. The van der Waals surface area contributed by atoms with Crippen LogP contribution in [-0.2, 0) is 4.74 Å². The molecule has 0 heterocycles. The van der Waals surface area contributed by atoms with E-state index in [2.05, 4.69) is 6.92 Å². The number of hydrogen-bond acceptors (Lipinski definition) is 2. The van der Waals surface area contributed by atoms with E-state index in [0.29, 0.717) is 5.92 Å². The van der Waals surface area contributed by atoms with E-state index in [4.69, 9.17) is 9.84 Å². The molecule has 0 aromatic heterocycles. The van der Waals surface area contributed by atoms with Gasteiger partial charge in [0.1, 0.15) is 0 Å². The molecule has 0 bridgehead atoms. The average molecular weight is 116 g/mol. The molecule has 1 fully saturated rings. The van der Waals surface area contributed by atoms with Gasteiger partial charge in [0.15, 0.2) is 0 Å². The molecule has 3 atom stereocenters. The molecule has 8 heavy (non-hydrogen) atoms. The van der Waals surface area contributed by atoms with Crippen LogP contribution < -0.4 is 0 Å². The Bertz CT molecular complexity index is 74.6. The van der Waals surface area contributed by atoms with E-state index < -0.39 is 0 Å². The van der Waals surface area contributed by atoms with E-state index in [1.54, 1.807) is 7.11 Å². The van der Waals surface area contributed by atoms with Crippen LogP contribution in [0.2, 0.25) is 0 Å². The number of methoxy groups -OCH3 is 1. The summed E-state index contributed by atoms with van der Waals surface area (Å²) in [4.78, 5) is 0. The molecular formula is C6H12O2. The van der Waals surface area contributed by atoms with Crippen molar-refractivity contribution in [1.82, 2.24) is 0 Å². The van der Waals surface area contributed by atoms with Gasteiger partial charge in [-0.15, -0.1) is 0 Å². The van der Waals surface area contributed by atoms with E-state index >= 15 is 0 Å². The summed E-state index contributed by atoms with van der Waals surface area (Å²) in [5.74, 6) is 0.551. The summed E-state index contributed by atoms with van der Waals surface area (Å²) >= 11 is 0. The quantitative estimate of drug-likeness (QED) is 0.537. The minimum atomic E-state index is -0.199. The van der Waals surface area contributed by atoms with E-state index in [9.17, 15) is 0 Å². The van der Waals surface area contributed by atoms with Crippen molar-refractivity contribution < 1.29 is 9.84 Å². The third-order valence-electron chi connectivity index (χ3n) is 1.83. The first-order valence-corrected chi connectivity index (χ1v) is 2.96. The fourth-order valence-electron chi connectivity index (χ4n) is 1.22. The fraction of sp³-hybridized carbons (Fsp3) is 1.00. The lowest BCUT2D eigenvalue weighted by atomic mass is 9.80. The molecule has 48 valence electrons. The Labute approximate surface area is 49.5 Å². The maximum Gasteiger partial charge on any atom is 0.0856 e. The van der Waals surface area contributed by atoms with Crippen LogP contribution in [0.25, 0.3) is 0 Å². The summed E-state index contributed by atoms with van der Waals surface area (Å²) < 4.78 is 4.96. The highest BCUT2D eigenvalue weighted by atomic mass is 16.5. The monoisotopic (exact) mass is 116 g/mol. The number of hydrogen-bond donors (Lipinski definition) is 1.